The average molecular weight is 1000 g/mol. The minimum Gasteiger partial charge on any atom is -0.479 e. The predicted molar refractivity (Wildman–Crippen MR) is 285 cm³/mol. The van der Waals surface area contributed by atoms with Gasteiger partial charge in [-0.05, 0) is 77.0 Å². The number of ether oxygens (including phenoxy) is 5. The number of hydrogen-bond donors (Lipinski definition) is 3. The van der Waals surface area contributed by atoms with Crippen LogP contribution in [-0.4, -0.2) is 89.2 Å². The fourth-order valence-corrected chi connectivity index (χ4v) is 8.24. The normalized spacial score (nSPS) is 18.9. The molecular formula is C59H100O12. The molecule has 1 rings (SSSR count). The van der Waals surface area contributed by atoms with Gasteiger partial charge in [0.15, 0.2) is 24.6 Å². The van der Waals surface area contributed by atoms with Crippen LogP contribution in [-0.2, 0) is 42.9 Å². The van der Waals surface area contributed by atoms with E-state index in [-0.39, 0.29) is 25.9 Å². The van der Waals surface area contributed by atoms with Gasteiger partial charge in [0, 0.05) is 19.3 Å². The maximum absolute atomic E-state index is 13.1. The van der Waals surface area contributed by atoms with Crippen molar-refractivity contribution in [2.75, 3.05) is 13.2 Å². The highest BCUT2D eigenvalue weighted by atomic mass is 16.7. The van der Waals surface area contributed by atoms with E-state index in [0.29, 0.717) is 19.3 Å². The summed E-state index contributed by atoms with van der Waals surface area (Å²) < 4.78 is 28.3. The van der Waals surface area contributed by atoms with Crippen LogP contribution in [0, 0.1) is 0 Å². The molecule has 0 bridgehead atoms. The van der Waals surface area contributed by atoms with Crippen molar-refractivity contribution in [3.8, 4) is 0 Å². The van der Waals surface area contributed by atoms with Gasteiger partial charge in [0.25, 0.3) is 0 Å². The fourth-order valence-electron chi connectivity index (χ4n) is 8.24. The Morgan fingerprint density at radius 3 is 1.41 bits per heavy atom. The maximum atomic E-state index is 13.1. The molecule has 12 heteroatoms. The standard InChI is InChI=1S/C59H100O12/c1-4-7-10-13-16-19-22-25-26-29-30-33-36-39-42-45-51(60)67-48-50(69-52(61)46-43-40-37-34-31-27-23-20-17-14-11-8-5-2)49-68-59-57(55(64)54(63)56(71-59)58(65)66)70-53(62)47-44-41-38-35-32-28-24-21-18-15-12-9-6-3/h7,10-11,14,16,19-20,23,25-26,50,54-57,59,63-64H,4-6,8-9,12-13,15,17-18,21-22,24,27-49H2,1-3H3,(H,65,66)/b10-7-,14-11-,19-16-,23-20-,26-25-. The number of carboxylic acids is 1. The van der Waals surface area contributed by atoms with Crippen LogP contribution >= 0.6 is 0 Å². The summed E-state index contributed by atoms with van der Waals surface area (Å²) >= 11 is 0. The molecule has 408 valence electrons. The fraction of sp³-hybridized carbons (Fsp3) is 0.763. The third-order valence-electron chi connectivity index (χ3n) is 12.6. The molecule has 6 atom stereocenters. The summed E-state index contributed by atoms with van der Waals surface area (Å²) in [6, 6.07) is 0. The number of allylic oxidation sites excluding steroid dienone is 10. The Morgan fingerprint density at radius 1 is 0.479 bits per heavy atom. The first-order valence-corrected chi connectivity index (χ1v) is 28.3. The third kappa shape index (κ3) is 37.8. The van der Waals surface area contributed by atoms with E-state index >= 15 is 0 Å². The molecule has 1 heterocycles. The van der Waals surface area contributed by atoms with Crippen molar-refractivity contribution in [2.24, 2.45) is 0 Å². The summed E-state index contributed by atoms with van der Waals surface area (Å²) in [4.78, 5) is 51.0. The Balaban J connectivity index is 2.72. The van der Waals surface area contributed by atoms with E-state index < -0.39 is 67.3 Å². The van der Waals surface area contributed by atoms with Crippen molar-refractivity contribution < 1.29 is 58.2 Å². The second kappa shape index (κ2) is 47.4. The molecule has 12 nitrogen and oxygen atoms in total. The molecule has 0 amide bonds. The zero-order valence-electron chi connectivity index (χ0n) is 44.7. The first-order valence-electron chi connectivity index (χ1n) is 28.3. The van der Waals surface area contributed by atoms with Crippen molar-refractivity contribution in [3.05, 3.63) is 60.8 Å². The van der Waals surface area contributed by atoms with E-state index in [9.17, 15) is 34.5 Å². The molecule has 0 saturated carbocycles. The molecule has 0 aromatic carbocycles. The number of hydrogen-bond acceptors (Lipinski definition) is 11. The lowest BCUT2D eigenvalue weighted by Gasteiger charge is -2.40. The highest BCUT2D eigenvalue weighted by molar-refractivity contribution is 5.74. The molecule has 6 unspecified atom stereocenters. The Labute approximate surface area is 430 Å². The van der Waals surface area contributed by atoms with Crippen LogP contribution in [0.5, 0.6) is 0 Å². The number of rotatable bonds is 47. The van der Waals surface area contributed by atoms with Gasteiger partial charge in [-0.2, -0.15) is 0 Å². The second-order valence-electron chi connectivity index (χ2n) is 19.2. The number of aliphatic hydroxyl groups excluding tert-OH is 2. The maximum Gasteiger partial charge on any atom is 0.335 e. The molecule has 1 fully saturated rings. The lowest BCUT2D eigenvalue weighted by atomic mass is 9.98. The van der Waals surface area contributed by atoms with Crippen LogP contribution in [0.4, 0.5) is 0 Å². The number of aliphatic carboxylic acids is 1. The molecule has 0 spiro atoms. The minimum atomic E-state index is -1.90. The van der Waals surface area contributed by atoms with Gasteiger partial charge in [0.1, 0.15) is 18.8 Å². The molecule has 0 aliphatic carbocycles. The zero-order chi connectivity index (χ0) is 51.8. The summed E-state index contributed by atoms with van der Waals surface area (Å²) in [5.74, 6) is -3.15. The van der Waals surface area contributed by atoms with Gasteiger partial charge in [0.2, 0.25) is 0 Å². The first-order chi connectivity index (χ1) is 34.6. The number of aliphatic hydroxyl groups is 2. The van der Waals surface area contributed by atoms with Crippen LogP contribution in [0.2, 0.25) is 0 Å². The molecular weight excluding hydrogens is 901 g/mol. The van der Waals surface area contributed by atoms with Crippen LogP contribution in [0.25, 0.3) is 0 Å². The van der Waals surface area contributed by atoms with E-state index in [0.717, 1.165) is 128 Å². The van der Waals surface area contributed by atoms with Gasteiger partial charge in [-0.25, -0.2) is 4.79 Å². The van der Waals surface area contributed by atoms with E-state index in [2.05, 4.69) is 81.5 Å². The van der Waals surface area contributed by atoms with Crippen LogP contribution < -0.4 is 0 Å². The summed E-state index contributed by atoms with van der Waals surface area (Å²) in [6.45, 7) is 5.78. The van der Waals surface area contributed by atoms with Gasteiger partial charge in [-0.1, -0.05) is 204 Å². The Hall–Kier alpha value is -3.58. The lowest BCUT2D eigenvalue weighted by Crippen LogP contribution is -2.61. The van der Waals surface area contributed by atoms with Gasteiger partial charge in [-0.15, -0.1) is 0 Å². The van der Waals surface area contributed by atoms with Crippen LogP contribution in [0.1, 0.15) is 239 Å². The molecule has 0 aromatic heterocycles. The van der Waals surface area contributed by atoms with Gasteiger partial charge in [-0.3, -0.25) is 14.4 Å². The van der Waals surface area contributed by atoms with Gasteiger partial charge in [0.05, 0.1) is 6.61 Å². The summed E-state index contributed by atoms with van der Waals surface area (Å²) in [6.07, 6.45) is 44.8. The quantitative estimate of drug-likeness (QED) is 0.0228. The second-order valence-corrected chi connectivity index (χ2v) is 19.2. The Morgan fingerprint density at radius 2 is 0.915 bits per heavy atom. The topological polar surface area (TPSA) is 175 Å². The largest absolute Gasteiger partial charge is 0.479 e. The number of carbonyl (C=O) groups excluding carboxylic acids is 3. The van der Waals surface area contributed by atoms with Crippen LogP contribution in [0.15, 0.2) is 60.8 Å². The van der Waals surface area contributed by atoms with Crippen molar-refractivity contribution in [1.29, 1.82) is 0 Å². The number of carboxylic acid groups (broad SMARTS) is 1. The summed E-state index contributed by atoms with van der Waals surface area (Å²) in [5, 5.41) is 31.4. The highest BCUT2D eigenvalue weighted by Crippen LogP contribution is 2.26. The van der Waals surface area contributed by atoms with E-state index in [1.54, 1.807) is 0 Å². The van der Waals surface area contributed by atoms with Crippen molar-refractivity contribution in [2.45, 2.75) is 276 Å². The van der Waals surface area contributed by atoms with E-state index in [1.807, 2.05) is 0 Å². The van der Waals surface area contributed by atoms with Gasteiger partial charge < -0.3 is 39.0 Å². The summed E-state index contributed by atoms with van der Waals surface area (Å²) in [7, 11) is 0. The number of esters is 3. The number of carbonyl (C=O) groups is 4. The van der Waals surface area contributed by atoms with Crippen molar-refractivity contribution in [3.63, 3.8) is 0 Å². The van der Waals surface area contributed by atoms with Gasteiger partial charge >= 0.3 is 23.9 Å². The SMILES string of the molecule is CC/C=C\C/C=C\C/C=C\CCCCCCCC(=O)OCC(COC1OC(C(=O)O)C(O)C(O)C1OC(=O)CCCCCCCCCCCCCCC)OC(=O)CCCCCCC/C=C\C/C=C\CCC. The first kappa shape index (κ1) is 65.4. The molecule has 0 radical (unpaired) electrons. The van der Waals surface area contributed by atoms with Crippen LogP contribution in [0.3, 0.4) is 0 Å². The molecule has 3 N–H and O–H groups in total. The Kier molecular flexibility index (Phi) is 43.7. The number of unbranched alkanes of at least 4 members (excludes halogenated alkanes) is 23. The zero-order valence-corrected chi connectivity index (χ0v) is 44.7. The molecule has 1 saturated heterocycles. The molecule has 1 aliphatic heterocycles. The minimum absolute atomic E-state index is 0.0591. The lowest BCUT2D eigenvalue weighted by molar-refractivity contribution is -0.301. The van der Waals surface area contributed by atoms with Crippen molar-refractivity contribution in [1.82, 2.24) is 0 Å². The Bertz CT molecular complexity index is 1470. The molecule has 1 aliphatic rings. The monoisotopic (exact) mass is 1000 g/mol. The highest BCUT2D eigenvalue weighted by Gasteiger charge is 2.50. The van der Waals surface area contributed by atoms with E-state index in [4.69, 9.17) is 23.7 Å². The smallest absolute Gasteiger partial charge is 0.335 e. The van der Waals surface area contributed by atoms with Crippen molar-refractivity contribution >= 4 is 23.9 Å². The molecule has 71 heavy (non-hydrogen) atoms. The average Bonchev–Trinajstić information content (AvgIpc) is 3.35. The predicted octanol–water partition coefficient (Wildman–Crippen LogP) is 14.0. The van der Waals surface area contributed by atoms with E-state index in [1.165, 1.54) is 51.4 Å². The summed E-state index contributed by atoms with van der Waals surface area (Å²) in [5.41, 5.74) is 0. The third-order valence-corrected chi connectivity index (χ3v) is 12.6. The molecule has 0 aromatic rings.